The number of nitrogens with one attached hydrogen (secondary N) is 1. The largest absolute Gasteiger partial charge is 0.462 e. The van der Waals surface area contributed by atoms with Gasteiger partial charge in [0.1, 0.15) is 0 Å². The monoisotopic (exact) mass is 495 g/mol. The number of esters is 1. The molecule has 1 aromatic heterocycles. The van der Waals surface area contributed by atoms with E-state index in [4.69, 9.17) is 9.72 Å². The van der Waals surface area contributed by atoms with E-state index in [-0.39, 0.29) is 23.8 Å². The molecule has 1 aliphatic rings. The van der Waals surface area contributed by atoms with Crippen LogP contribution in [-0.2, 0) is 16.0 Å². The number of hydrogen-bond donors (Lipinski definition) is 1. The molecule has 4 rings (SSSR count). The maximum absolute atomic E-state index is 13.4. The van der Waals surface area contributed by atoms with Crippen LogP contribution in [0.15, 0.2) is 57.3 Å². The zero-order valence-corrected chi connectivity index (χ0v) is 20.8. The van der Waals surface area contributed by atoms with Crippen molar-refractivity contribution in [2.75, 3.05) is 23.4 Å². The van der Waals surface area contributed by atoms with Gasteiger partial charge in [0.05, 0.1) is 39.9 Å². The third-order valence-corrected chi connectivity index (χ3v) is 7.21. The van der Waals surface area contributed by atoms with E-state index in [9.17, 15) is 14.4 Å². The number of para-hydroxylation sites is 1. The highest BCUT2D eigenvalue weighted by Crippen LogP contribution is 2.30. The number of aromatic nitrogens is 2. The van der Waals surface area contributed by atoms with E-state index in [0.717, 1.165) is 34.7 Å². The van der Waals surface area contributed by atoms with Gasteiger partial charge in [-0.25, -0.2) is 9.78 Å². The van der Waals surface area contributed by atoms with Crippen LogP contribution in [0.25, 0.3) is 5.69 Å². The number of rotatable bonds is 7. The number of nitrogens with zero attached hydrogens (tertiary/aromatic N) is 2. The van der Waals surface area contributed by atoms with Crippen molar-refractivity contribution >= 4 is 41.1 Å². The molecule has 0 saturated heterocycles. The Balaban J connectivity index is 1.61. The molecule has 0 fully saturated rings. The number of ether oxygens (including phenoxy) is 1. The summed E-state index contributed by atoms with van der Waals surface area (Å²) in [4.78, 5) is 43.8. The molecule has 0 radical (unpaired) electrons. The topological polar surface area (TPSA) is 90.3 Å². The van der Waals surface area contributed by atoms with Gasteiger partial charge in [0.15, 0.2) is 5.16 Å². The fourth-order valence-corrected chi connectivity index (χ4v) is 5.65. The quantitative estimate of drug-likeness (QED) is 0.295. The summed E-state index contributed by atoms with van der Waals surface area (Å²) >= 11 is 2.73. The minimum Gasteiger partial charge on any atom is -0.462 e. The molecule has 0 spiro atoms. The Hall–Kier alpha value is -3.04. The van der Waals surface area contributed by atoms with Crippen molar-refractivity contribution in [1.82, 2.24) is 9.55 Å². The van der Waals surface area contributed by atoms with Crippen molar-refractivity contribution in [3.8, 4) is 5.69 Å². The van der Waals surface area contributed by atoms with Crippen molar-refractivity contribution in [3.63, 3.8) is 0 Å². The van der Waals surface area contributed by atoms with Crippen molar-refractivity contribution in [2.45, 2.75) is 37.2 Å². The average Bonchev–Trinajstić information content (AvgIpc) is 3.26. The zero-order valence-electron chi connectivity index (χ0n) is 19.2. The second-order valence-electron chi connectivity index (χ2n) is 7.86. The van der Waals surface area contributed by atoms with Crippen LogP contribution in [-0.4, -0.2) is 39.5 Å². The number of hydrogen-bond acceptors (Lipinski definition) is 7. The first-order chi connectivity index (χ1) is 16.4. The zero-order chi connectivity index (χ0) is 24.2. The van der Waals surface area contributed by atoms with E-state index in [2.05, 4.69) is 5.32 Å². The normalized spacial score (nSPS) is 12.3. The number of carbonyl (C=O) groups is 2. The SMILES string of the molecule is CCOC(=O)c1ccccc1NC(=O)CSc1nc2c(c(=O)n1-c1cc(C)cc(C)c1)SCC2. The molecule has 34 heavy (non-hydrogen) atoms. The second-order valence-corrected chi connectivity index (χ2v) is 9.91. The summed E-state index contributed by atoms with van der Waals surface area (Å²) in [6.07, 6.45) is 0.732. The Morgan fingerprint density at radius 2 is 1.91 bits per heavy atom. The summed E-state index contributed by atoms with van der Waals surface area (Å²) in [5.41, 5.74) is 4.18. The van der Waals surface area contributed by atoms with Crippen molar-refractivity contribution in [1.29, 1.82) is 0 Å². The van der Waals surface area contributed by atoms with Gasteiger partial charge in [0, 0.05) is 12.2 Å². The van der Waals surface area contributed by atoms with Crippen molar-refractivity contribution < 1.29 is 14.3 Å². The Morgan fingerprint density at radius 3 is 2.65 bits per heavy atom. The predicted molar refractivity (Wildman–Crippen MR) is 135 cm³/mol. The van der Waals surface area contributed by atoms with Crippen LogP contribution in [0.1, 0.15) is 34.1 Å². The fraction of sp³-hybridized carbons (Fsp3) is 0.280. The van der Waals surface area contributed by atoms with Gasteiger partial charge in [-0.2, -0.15) is 0 Å². The Labute approximate surface area is 206 Å². The van der Waals surface area contributed by atoms with Gasteiger partial charge in [-0.1, -0.05) is 30.0 Å². The minimum absolute atomic E-state index is 0.0281. The van der Waals surface area contributed by atoms with E-state index in [1.165, 1.54) is 23.5 Å². The highest BCUT2D eigenvalue weighted by Gasteiger charge is 2.23. The Bertz CT molecular complexity index is 1300. The van der Waals surface area contributed by atoms with E-state index in [0.29, 0.717) is 21.3 Å². The standard InChI is InChI=1S/C25H25N3O4S2/c1-4-32-24(31)18-7-5-6-8-19(18)26-21(29)14-34-25-27-20-9-10-33-22(20)23(30)28(25)17-12-15(2)11-16(3)13-17/h5-8,11-13H,4,9-10,14H2,1-3H3,(H,26,29). The number of carbonyl (C=O) groups excluding carboxylic acids is 2. The summed E-state index contributed by atoms with van der Waals surface area (Å²) in [6.45, 7) is 5.94. The van der Waals surface area contributed by atoms with E-state index < -0.39 is 5.97 Å². The summed E-state index contributed by atoms with van der Waals surface area (Å²) in [5.74, 6) is 0.0506. The minimum atomic E-state index is -0.493. The van der Waals surface area contributed by atoms with Crippen LogP contribution in [0, 0.1) is 13.8 Å². The molecule has 2 aromatic carbocycles. The van der Waals surface area contributed by atoms with Gasteiger partial charge in [0.2, 0.25) is 5.91 Å². The maximum Gasteiger partial charge on any atom is 0.340 e. The lowest BCUT2D eigenvalue weighted by Gasteiger charge is -2.15. The lowest BCUT2D eigenvalue weighted by molar-refractivity contribution is -0.113. The lowest BCUT2D eigenvalue weighted by atomic mass is 10.1. The van der Waals surface area contributed by atoms with Crippen LogP contribution >= 0.6 is 23.5 Å². The average molecular weight is 496 g/mol. The van der Waals surface area contributed by atoms with Crippen LogP contribution in [0.4, 0.5) is 5.69 Å². The molecule has 0 atom stereocenters. The molecule has 7 nitrogen and oxygen atoms in total. The molecule has 3 aromatic rings. The fourth-order valence-electron chi connectivity index (χ4n) is 3.79. The van der Waals surface area contributed by atoms with Gasteiger partial charge in [0.25, 0.3) is 5.56 Å². The van der Waals surface area contributed by atoms with Crippen molar-refractivity contribution in [2.24, 2.45) is 0 Å². The first-order valence-electron chi connectivity index (χ1n) is 10.9. The molecule has 1 amide bonds. The number of benzene rings is 2. The molecule has 0 unspecified atom stereocenters. The van der Waals surface area contributed by atoms with E-state index in [1.807, 2.05) is 32.0 Å². The summed E-state index contributed by atoms with van der Waals surface area (Å²) in [6, 6.07) is 12.7. The molecule has 1 N–H and O–H groups in total. The number of fused-ring (bicyclic) bond motifs is 1. The van der Waals surface area contributed by atoms with Crippen LogP contribution in [0.2, 0.25) is 0 Å². The molecule has 0 aliphatic carbocycles. The van der Waals surface area contributed by atoms with Gasteiger partial charge < -0.3 is 10.1 Å². The highest BCUT2D eigenvalue weighted by molar-refractivity contribution is 8.00. The number of aryl methyl sites for hydroxylation is 3. The van der Waals surface area contributed by atoms with Crippen LogP contribution in [0.5, 0.6) is 0 Å². The third-order valence-electron chi connectivity index (χ3n) is 5.16. The first-order valence-corrected chi connectivity index (χ1v) is 12.9. The molecule has 0 bridgehead atoms. The molecule has 176 valence electrons. The molecular formula is C25H25N3O4S2. The number of anilines is 1. The Kier molecular flexibility index (Phi) is 7.43. The summed E-state index contributed by atoms with van der Waals surface area (Å²) < 4.78 is 6.67. The maximum atomic E-state index is 13.4. The molecule has 1 aliphatic heterocycles. The summed E-state index contributed by atoms with van der Waals surface area (Å²) in [5, 5.41) is 3.26. The highest BCUT2D eigenvalue weighted by atomic mass is 32.2. The van der Waals surface area contributed by atoms with Gasteiger partial charge >= 0.3 is 5.97 Å². The summed E-state index contributed by atoms with van der Waals surface area (Å²) in [7, 11) is 0. The lowest BCUT2D eigenvalue weighted by Crippen LogP contribution is -2.25. The van der Waals surface area contributed by atoms with Gasteiger partial charge in [-0.15, -0.1) is 11.8 Å². The molecule has 2 heterocycles. The number of amides is 1. The van der Waals surface area contributed by atoms with E-state index in [1.54, 1.807) is 35.8 Å². The molecule has 0 saturated carbocycles. The Morgan fingerprint density at radius 1 is 1.18 bits per heavy atom. The third kappa shape index (κ3) is 5.20. The van der Waals surface area contributed by atoms with Crippen LogP contribution < -0.4 is 10.9 Å². The van der Waals surface area contributed by atoms with Gasteiger partial charge in [-0.3, -0.25) is 14.2 Å². The second kappa shape index (κ2) is 10.5. The van der Waals surface area contributed by atoms with Gasteiger partial charge in [-0.05, 0) is 56.2 Å². The van der Waals surface area contributed by atoms with Crippen molar-refractivity contribution in [3.05, 3.63) is 75.2 Å². The van der Waals surface area contributed by atoms with Crippen LogP contribution in [0.3, 0.4) is 0 Å². The first kappa shape index (κ1) is 24.1. The smallest absolute Gasteiger partial charge is 0.340 e. The van der Waals surface area contributed by atoms with E-state index >= 15 is 0 Å². The molecular weight excluding hydrogens is 470 g/mol. The molecule has 9 heteroatoms. The number of thioether (sulfide) groups is 2. The predicted octanol–water partition coefficient (Wildman–Crippen LogP) is 4.41.